The van der Waals surface area contributed by atoms with Crippen molar-refractivity contribution < 1.29 is 4.79 Å². The average molecular weight is 157 g/mol. The summed E-state index contributed by atoms with van der Waals surface area (Å²) in [5.41, 5.74) is -0.108. The molecule has 0 aliphatic carbocycles. The maximum atomic E-state index is 10.8. The lowest BCUT2D eigenvalue weighted by Gasteiger charge is -2.28. The van der Waals surface area contributed by atoms with Crippen molar-refractivity contribution in [3.63, 3.8) is 0 Å². The molecule has 0 spiro atoms. The third-order valence-corrected chi connectivity index (χ3v) is 2.29. The highest BCUT2D eigenvalue weighted by atomic mass is 16.1. The number of hydrogen-bond donors (Lipinski definition) is 0. The van der Waals surface area contributed by atoms with Crippen LogP contribution >= 0.6 is 0 Å². The molecule has 11 heavy (non-hydrogen) atoms. The Morgan fingerprint density at radius 1 is 1.27 bits per heavy atom. The molecule has 0 N–H and O–H groups in total. The van der Waals surface area contributed by atoms with Gasteiger partial charge in [0.15, 0.2) is 0 Å². The molecule has 0 rings (SSSR count). The largest absolute Gasteiger partial charge is 0.308 e. The van der Waals surface area contributed by atoms with E-state index in [2.05, 4.69) is 18.7 Å². The lowest BCUT2D eigenvalue weighted by molar-refractivity contribution is -0.117. The molecule has 0 aliphatic rings. The van der Waals surface area contributed by atoms with Gasteiger partial charge in [-0.1, -0.05) is 13.8 Å². The monoisotopic (exact) mass is 157 g/mol. The molecule has 2 nitrogen and oxygen atoms in total. The molecule has 0 aromatic heterocycles. The van der Waals surface area contributed by atoms with Gasteiger partial charge in [-0.2, -0.15) is 0 Å². The Morgan fingerprint density at radius 2 is 1.73 bits per heavy atom. The van der Waals surface area contributed by atoms with Crippen LogP contribution in [-0.2, 0) is 4.79 Å². The fraction of sp³-hybridized carbons (Fsp3) is 0.889. The number of hydrogen-bond acceptors (Lipinski definition) is 2. The van der Waals surface area contributed by atoms with Crippen molar-refractivity contribution in [2.24, 2.45) is 5.41 Å². The maximum absolute atomic E-state index is 10.8. The Bertz CT molecular complexity index is 117. The molecule has 0 saturated carbocycles. The highest BCUT2D eigenvalue weighted by molar-refractivity contribution is 5.59. The summed E-state index contributed by atoms with van der Waals surface area (Å²) in [7, 11) is 4.01. The predicted molar refractivity (Wildman–Crippen MR) is 47.6 cm³/mol. The van der Waals surface area contributed by atoms with Gasteiger partial charge in [0.1, 0.15) is 6.29 Å². The Hall–Kier alpha value is -0.370. The van der Waals surface area contributed by atoms with Crippen LogP contribution in [0.1, 0.15) is 26.7 Å². The molecule has 0 fully saturated rings. The first kappa shape index (κ1) is 10.6. The van der Waals surface area contributed by atoms with E-state index < -0.39 is 0 Å². The summed E-state index contributed by atoms with van der Waals surface area (Å²) < 4.78 is 0. The van der Waals surface area contributed by atoms with Gasteiger partial charge in [0.25, 0.3) is 0 Å². The van der Waals surface area contributed by atoms with Gasteiger partial charge in [0.05, 0.1) is 0 Å². The third-order valence-electron chi connectivity index (χ3n) is 2.29. The molecule has 0 aromatic rings. The van der Waals surface area contributed by atoms with E-state index in [9.17, 15) is 4.79 Å². The number of aldehydes is 1. The van der Waals surface area contributed by atoms with Crippen LogP contribution in [0, 0.1) is 5.41 Å². The van der Waals surface area contributed by atoms with Crippen molar-refractivity contribution in [3.05, 3.63) is 0 Å². The standard InChI is InChI=1S/C9H19NO/c1-5-9(6-2,8-11)7-10(3)4/h8H,5-7H2,1-4H3. The molecule has 0 saturated heterocycles. The van der Waals surface area contributed by atoms with E-state index in [-0.39, 0.29) is 5.41 Å². The van der Waals surface area contributed by atoms with Crippen molar-refractivity contribution in [3.8, 4) is 0 Å². The topological polar surface area (TPSA) is 20.3 Å². The second-order valence-electron chi connectivity index (χ2n) is 3.43. The molecule has 0 heterocycles. The van der Waals surface area contributed by atoms with Gasteiger partial charge in [-0.3, -0.25) is 0 Å². The summed E-state index contributed by atoms with van der Waals surface area (Å²) in [6, 6.07) is 0. The van der Waals surface area contributed by atoms with Crippen LogP contribution in [0.4, 0.5) is 0 Å². The first-order chi connectivity index (χ1) is 5.10. The zero-order chi connectivity index (χ0) is 8.91. The Balaban J connectivity index is 4.16. The second-order valence-corrected chi connectivity index (χ2v) is 3.43. The van der Waals surface area contributed by atoms with Crippen LogP contribution in [0.5, 0.6) is 0 Å². The molecular weight excluding hydrogens is 138 g/mol. The van der Waals surface area contributed by atoms with Crippen molar-refractivity contribution in [1.29, 1.82) is 0 Å². The molecular formula is C9H19NO. The third kappa shape index (κ3) is 3.02. The number of nitrogens with zero attached hydrogens (tertiary/aromatic N) is 1. The zero-order valence-corrected chi connectivity index (χ0v) is 8.05. The van der Waals surface area contributed by atoms with E-state index in [0.29, 0.717) is 0 Å². The quantitative estimate of drug-likeness (QED) is 0.564. The summed E-state index contributed by atoms with van der Waals surface area (Å²) in [4.78, 5) is 12.9. The van der Waals surface area contributed by atoms with Gasteiger partial charge in [-0.05, 0) is 26.9 Å². The SMILES string of the molecule is CCC(C=O)(CC)CN(C)C. The lowest BCUT2D eigenvalue weighted by Crippen LogP contribution is -2.34. The van der Waals surface area contributed by atoms with Crippen molar-refractivity contribution in [2.45, 2.75) is 26.7 Å². The van der Waals surface area contributed by atoms with Gasteiger partial charge in [0.2, 0.25) is 0 Å². The van der Waals surface area contributed by atoms with Gasteiger partial charge >= 0.3 is 0 Å². The molecule has 2 heteroatoms. The van der Waals surface area contributed by atoms with Crippen LogP contribution in [-0.4, -0.2) is 31.8 Å². The smallest absolute Gasteiger partial charge is 0.127 e. The number of carbonyl (C=O) groups is 1. The fourth-order valence-electron chi connectivity index (χ4n) is 1.31. The zero-order valence-electron chi connectivity index (χ0n) is 8.05. The van der Waals surface area contributed by atoms with E-state index in [1.807, 2.05) is 14.1 Å². The summed E-state index contributed by atoms with van der Waals surface area (Å²) in [5.74, 6) is 0. The molecule has 0 aliphatic heterocycles. The molecule has 0 atom stereocenters. The maximum Gasteiger partial charge on any atom is 0.127 e. The molecule has 0 radical (unpaired) electrons. The lowest BCUT2D eigenvalue weighted by atomic mass is 9.84. The first-order valence-electron chi connectivity index (χ1n) is 4.21. The predicted octanol–water partition coefficient (Wildman–Crippen LogP) is 1.55. The van der Waals surface area contributed by atoms with Gasteiger partial charge < -0.3 is 9.69 Å². The molecule has 0 amide bonds. The summed E-state index contributed by atoms with van der Waals surface area (Å²) >= 11 is 0. The fourth-order valence-corrected chi connectivity index (χ4v) is 1.31. The van der Waals surface area contributed by atoms with Crippen LogP contribution in [0.15, 0.2) is 0 Å². The molecule has 0 bridgehead atoms. The minimum absolute atomic E-state index is 0.108. The Kier molecular flexibility index (Phi) is 4.34. The Labute approximate surface area is 69.6 Å². The van der Waals surface area contributed by atoms with E-state index >= 15 is 0 Å². The molecule has 66 valence electrons. The van der Waals surface area contributed by atoms with Gasteiger partial charge in [-0.25, -0.2) is 0 Å². The number of carbonyl (C=O) groups excluding carboxylic acids is 1. The van der Waals surface area contributed by atoms with Gasteiger partial charge in [-0.15, -0.1) is 0 Å². The molecule has 0 aromatic carbocycles. The summed E-state index contributed by atoms with van der Waals surface area (Å²) in [6.07, 6.45) is 2.98. The van der Waals surface area contributed by atoms with Crippen LogP contribution in [0.3, 0.4) is 0 Å². The normalized spacial score (nSPS) is 12.1. The number of rotatable bonds is 5. The Morgan fingerprint density at radius 3 is 1.82 bits per heavy atom. The van der Waals surface area contributed by atoms with E-state index in [1.165, 1.54) is 0 Å². The summed E-state index contributed by atoms with van der Waals surface area (Å²) in [6.45, 7) is 5.01. The molecule has 0 unspecified atom stereocenters. The minimum Gasteiger partial charge on any atom is -0.308 e. The highest BCUT2D eigenvalue weighted by Crippen LogP contribution is 2.23. The van der Waals surface area contributed by atoms with E-state index in [4.69, 9.17) is 0 Å². The highest BCUT2D eigenvalue weighted by Gasteiger charge is 2.25. The van der Waals surface area contributed by atoms with Gasteiger partial charge in [0, 0.05) is 12.0 Å². The van der Waals surface area contributed by atoms with Crippen molar-refractivity contribution >= 4 is 6.29 Å². The van der Waals surface area contributed by atoms with Crippen molar-refractivity contribution in [2.75, 3.05) is 20.6 Å². The van der Waals surface area contributed by atoms with E-state index in [1.54, 1.807) is 0 Å². The second kappa shape index (κ2) is 4.50. The van der Waals surface area contributed by atoms with Crippen LogP contribution < -0.4 is 0 Å². The first-order valence-corrected chi connectivity index (χ1v) is 4.21. The van der Waals surface area contributed by atoms with E-state index in [0.717, 1.165) is 25.7 Å². The van der Waals surface area contributed by atoms with Crippen LogP contribution in [0.25, 0.3) is 0 Å². The summed E-state index contributed by atoms with van der Waals surface area (Å²) in [5, 5.41) is 0. The average Bonchev–Trinajstić information content (AvgIpc) is 2.00. The van der Waals surface area contributed by atoms with Crippen molar-refractivity contribution in [1.82, 2.24) is 4.90 Å². The minimum atomic E-state index is -0.108. The van der Waals surface area contributed by atoms with Crippen LogP contribution in [0.2, 0.25) is 0 Å².